The maximum Gasteiger partial charge on any atom is 0.254 e. The van der Waals surface area contributed by atoms with Gasteiger partial charge in [0.1, 0.15) is 5.82 Å². The smallest absolute Gasteiger partial charge is 0.254 e. The number of carbonyl (C=O) groups excluding carboxylic acids is 2. The highest BCUT2D eigenvalue weighted by atomic mass is 19.1. The molecule has 0 aliphatic carbocycles. The van der Waals surface area contributed by atoms with Crippen LogP contribution in [0.1, 0.15) is 25.3 Å². The van der Waals surface area contributed by atoms with Crippen molar-refractivity contribution in [1.29, 1.82) is 0 Å². The summed E-state index contributed by atoms with van der Waals surface area (Å²) in [6.45, 7) is 1.90. The van der Waals surface area contributed by atoms with Gasteiger partial charge >= 0.3 is 0 Å². The molecule has 1 aliphatic rings. The minimum atomic E-state index is -0.337. The van der Waals surface area contributed by atoms with Crippen molar-refractivity contribution in [3.05, 3.63) is 41.2 Å². The van der Waals surface area contributed by atoms with Gasteiger partial charge in [0.2, 0.25) is 5.91 Å². The Kier molecular flexibility index (Phi) is 3.04. The van der Waals surface area contributed by atoms with Gasteiger partial charge in [-0.25, -0.2) is 4.39 Å². The van der Waals surface area contributed by atoms with E-state index in [1.165, 1.54) is 12.1 Å². The van der Waals surface area contributed by atoms with Crippen LogP contribution in [0.25, 0.3) is 5.57 Å². The lowest BCUT2D eigenvalue weighted by Gasteiger charge is -2.07. The molecule has 1 saturated heterocycles. The molecule has 1 fully saturated rings. The molecule has 0 saturated carbocycles. The average Bonchev–Trinajstić information content (AvgIpc) is 2.62. The van der Waals surface area contributed by atoms with Crippen LogP contribution in [-0.4, -0.2) is 11.8 Å². The molecule has 0 atom stereocenters. The van der Waals surface area contributed by atoms with Crippen molar-refractivity contribution in [2.24, 2.45) is 0 Å². The van der Waals surface area contributed by atoms with Gasteiger partial charge in [-0.1, -0.05) is 19.1 Å². The van der Waals surface area contributed by atoms with E-state index in [0.29, 0.717) is 12.0 Å². The fraction of sp³-hybridized carbons (Fsp3) is 0.231. The quantitative estimate of drug-likeness (QED) is 0.627. The summed E-state index contributed by atoms with van der Waals surface area (Å²) in [5.41, 5.74) is 2.08. The molecule has 2 amide bonds. The molecule has 0 bridgehead atoms. The molecule has 0 radical (unpaired) electrons. The molecule has 4 heteroatoms. The lowest BCUT2D eigenvalue weighted by molar-refractivity contribution is -0.124. The largest absolute Gasteiger partial charge is 0.292 e. The zero-order valence-corrected chi connectivity index (χ0v) is 9.42. The van der Waals surface area contributed by atoms with Crippen molar-refractivity contribution in [2.75, 3.05) is 0 Å². The second-order valence-corrected chi connectivity index (χ2v) is 3.87. The van der Waals surface area contributed by atoms with Crippen LogP contribution in [0, 0.1) is 5.82 Å². The predicted molar refractivity (Wildman–Crippen MR) is 61.4 cm³/mol. The second-order valence-electron chi connectivity index (χ2n) is 3.87. The highest BCUT2D eigenvalue weighted by molar-refractivity contribution is 6.17. The summed E-state index contributed by atoms with van der Waals surface area (Å²) in [5, 5.41) is 2.25. The van der Waals surface area contributed by atoms with Crippen LogP contribution in [0.3, 0.4) is 0 Å². The third-order valence-corrected chi connectivity index (χ3v) is 2.77. The van der Waals surface area contributed by atoms with E-state index in [9.17, 15) is 14.0 Å². The van der Waals surface area contributed by atoms with Crippen molar-refractivity contribution >= 4 is 17.4 Å². The van der Waals surface area contributed by atoms with E-state index in [2.05, 4.69) is 5.32 Å². The number of hydrogen-bond acceptors (Lipinski definition) is 2. The van der Waals surface area contributed by atoms with Gasteiger partial charge in [0.05, 0.1) is 6.42 Å². The predicted octanol–water partition coefficient (Wildman–Crippen LogP) is 2.04. The topological polar surface area (TPSA) is 46.2 Å². The lowest BCUT2D eigenvalue weighted by atomic mass is 9.96. The van der Waals surface area contributed by atoms with Crippen LogP contribution >= 0.6 is 0 Å². The zero-order chi connectivity index (χ0) is 12.4. The van der Waals surface area contributed by atoms with Crippen LogP contribution in [0.2, 0.25) is 0 Å². The number of imide groups is 1. The van der Waals surface area contributed by atoms with Gasteiger partial charge in [0.15, 0.2) is 0 Å². The summed E-state index contributed by atoms with van der Waals surface area (Å²) in [6.07, 6.45) is 0.737. The van der Waals surface area contributed by atoms with E-state index >= 15 is 0 Å². The molecule has 1 aromatic carbocycles. The zero-order valence-electron chi connectivity index (χ0n) is 9.42. The maximum atomic E-state index is 12.8. The number of allylic oxidation sites excluding steroid dienone is 1. The summed E-state index contributed by atoms with van der Waals surface area (Å²) >= 11 is 0. The molecule has 88 valence electrons. The third-order valence-electron chi connectivity index (χ3n) is 2.77. The molecule has 0 aromatic heterocycles. The lowest BCUT2D eigenvalue weighted by Crippen LogP contribution is -2.19. The van der Waals surface area contributed by atoms with Crippen molar-refractivity contribution in [3.63, 3.8) is 0 Å². The molecule has 2 rings (SSSR count). The molecule has 0 spiro atoms. The number of benzene rings is 1. The molecule has 0 unspecified atom stereocenters. The molecule has 1 aliphatic heterocycles. The van der Waals surface area contributed by atoms with Gasteiger partial charge in [-0.2, -0.15) is 0 Å². The molecule has 3 nitrogen and oxygen atoms in total. The Morgan fingerprint density at radius 3 is 2.41 bits per heavy atom. The summed E-state index contributed by atoms with van der Waals surface area (Å²) in [5.74, 6) is -0.935. The summed E-state index contributed by atoms with van der Waals surface area (Å²) < 4.78 is 12.8. The number of hydrogen-bond donors (Lipinski definition) is 1. The first-order chi connectivity index (χ1) is 8.11. The van der Waals surface area contributed by atoms with E-state index in [1.807, 2.05) is 6.92 Å². The fourth-order valence-electron chi connectivity index (χ4n) is 1.97. The van der Waals surface area contributed by atoms with E-state index in [4.69, 9.17) is 0 Å². The van der Waals surface area contributed by atoms with Crippen molar-refractivity contribution in [1.82, 2.24) is 5.32 Å². The van der Waals surface area contributed by atoms with E-state index in [1.54, 1.807) is 12.1 Å². The maximum absolute atomic E-state index is 12.8. The Morgan fingerprint density at radius 1 is 1.29 bits per heavy atom. The first kappa shape index (κ1) is 11.5. The SMILES string of the molecule is CC/C(=C1\CC(=O)NC1=O)c1ccc(F)cc1. The fourth-order valence-corrected chi connectivity index (χ4v) is 1.97. The Bertz CT molecular complexity index is 503. The van der Waals surface area contributed by atoms with Gasteiger partial charge in [-0.05, 0) is 29.7 Å². The number of rotatable bonds is 2. The summed E-state index contributed by atoms with van der Waals surface area (Å²) in [7, 11) is 0. The molecule has 1 heterocycles. The second kappa shape index (κ2) is 4.49. The molecular formula is C13H12FNO2. The minimum absolute atomic E-state index is 0.110. The van der Waals surface area contributed by atoms with Crippen LogP contribution < -0.4 is 5.32 Å². The highest BCUT2D eigenvalue weighted by Gasteiger charge is 2.26. The van der Waals surface area contributed by atoms with Gasteiger partial charge < -0.3 is 0 Å². The monoisotopic (exact) mass is 233 g/mol. The highest BCUT2D eigenvalue weighted by Crippen LogP contribution is 2.26. The Morgan fingerprint density at radius 2 is 1.94 bits per heavy atom. The van der Waals surface area contributed by atoms with E-state index in [-0.39, 0.29) is 24.1 Å². The van der Waals surface area contributed by atoms with Crippen molar-refractivity contribution in [3.8, 4) is 0 Å². The van der Waals surface area contributed by atoms with Crippen LogP contribution in [0.15, 0.2) is 29.8 Å². The number of halogens is 1. The average molecular weight is 233 g/mol. The summed E-state index contributed by atoms with van der Waals surface area (Å²) in [6, 6.07) is 5.94. The first-order valence-electron chi connectivity index (χ1n) is 5.44. The Labute approximate surface area is 98.3 Å². The van der Waals surface area contributed by atoms with Crippen molar-refractivity contribution < 1.29 is 14.0 Å². The van der Waals surface area contributed by atoms with E-state index < -0.39 is 0 Å². The normalized spacial score (nSPS) is 18.2. The van der Waals surface area contributed by atoms with Crippen LogP contribution in [0.5, 0.6) is 0 Å². The van der Waals surface area contributed by atoms with Gasteiger partial charge in [0, 0.05) is 5.57 Å². The molecule has 17 heavy (non-hydrogen) atoms. The first-order valence-corrected chi connectivity index (χ1v) is 5.44. The molecular weight excluding hydrogens is 221 g/mol. The number of carbonyl (C=O) groups is 2. The Hall–Kier alpha value is -1.97. The molecule has 1 N–H and O–H groups in total. The molecule has 1 aromatic rings. The standard InChI is InChI=1S/C13H12FNO2/c1-2-10(8-3-5-9(14)6-4-8)11-7-12(16)15-13(11)17/h3-6H,2,7H2,1H3,(H,15,16,17)/b11-10-. The van der Waals surface area contributed by atoms with Gasteiger partial charge in [-0.3, -0.25) is 14.9 Å². The van der Waals surface area contributed by atoms with Crippen molar-refractivity contribution in [2.45, 2.75) is 19.8 Å². The number of nitrogens with one attached hydrogen (secondary N) is 1. The van der Waals surface area contributed by atoms with Crippen LogP contribution in [0.4, 0.5) is 4.39 Å². The third kappa shape index (κ3) is 2.25. The Balaban J connectivity index is 2.46. The number of amides is 2. The summed E-state index contributed by atoms with van der Waals surface area (Å²) in [4.78, 5) is 22.7. The van der Waals surface area contributed by atoms with Crippen LogP contribution in [-0.2, 0) is 9.59 Å². The van der Waals surface area contributed by atoms with E-state index in [0.717, 1.165) is 11.1 Å². The minimum Gasteiger partial charge on any atom is -0.292 e. The van der Waals surface area contributed by atoms with Gasteiger partial charge in [0.25, 0.3) is 5.91 Å². The van der Waals surface area contributed by atoms with Gasteiger partial charge in [-0.15, -0.1) is 0 Å².